The van der Waals surface area contributed by atoms with E-state index in [-0.39, 0.29) is 17.4 Å². The first-order valence-corrected chi connectivity index (χ1v) is 6.28. The van der Waals surface area contributed by atoms with Gasteiger partial charge in [0, 0.05) is 23.4 Å². The van der Waals surface area contributed by atoms with E-state index in [0.29, 0.717) is 18.7 Å². The average molecular weight is 310 g/mol. The summed E-state index contributed by atoms with van der Waals surface area (Å²) in [5.74, 6) is -1.02. The maximum Gasteiger partial charge on any atom is 0.337 e. The largest absolute Gasteiger partial charge is 0.478 e. The monoisotopic (exact) mass is 309 g/mol. The van der Waals surface area contributed by atoms with Gasteiger partial charge >= 0.3 is 5.97 Å². The first kappa shape index (κ1) is 12.8. The molecule has 4 nitrogen and oxygen atoms in total. The number of amides is 1. The second-order valence-corrected chi connectivity index (χ2v) is 5.09. The van der Waals surface area contributed by atoms with Crippen molar-refractivity contribution in [3.63, 3.8) is 0 Å². The van der Waals surface area contributed by atoms with Crippen molar-refractivity contribution in [3.8, 4) is 0 Å². The zero-order chi connectivity index (χ0) is 13.3. The van der Waals surface area contributed by atoms with Crippen molar-refractivity contribution in [3.05, 3.63) is 40.9 Å². The minimum atomic E-state index is -1.03. The zero-order valence-electron chi connectivity index (χ0n) is 9.60. The molecule has 1 aromatic rings. The molecule has 0 saturated carbocycles. The SMILES string of the molecule is C=CC1CC(=O)N(c2cc(Br)ccc2C(=O)O)C1. The van der Waals surface area contributed by atoms with Crippen molar-refractivity contribution in [1.29, 1.82) is 0 Å². The van der Waals surface area contributed by atoms with E-state index in [2.05, 4.69) is 22.5 Å². The standard InChI is InChI=1S/C13H12BrNO3/c1-2-8-5-12(16)15(7-8)11-6-9(14)3-4-10(11)13(17)18/h2-4,6,8H,1,5,7H2,(H,17,18). The fraction of sp³-hybridized carbons (Fsp3) is 0.231. The van der Waals surface area contributed by atoms with E-state index in [1.54, 1.807) is 18.2 Å². The van der Waals surface area contributed by atoms with Crippen molar-refractivity contribution >= 4 is 33.5 Å². The van der Waals surface area contributed by atoms with E-state index in [4.69, 9.17) is 5.11 Å². The normalized spacial score (nSPS) is 19.1. The smallest absolute Gasteiger partial charge is 0.337 e. The Bertz CT molecular complexity index is 527. The minimum absolute atomic E-state index is 0.0690. The molecule has 0 aromatic heterocycles. The molecule has 1 amide bonds. The number of halogens is 1. The maximum absolute atomic E-state index is 11.9. The van der Waals surface area contributed by atoms with Crippen LogP contribution in [0.25, 0.3) is 0 Å². The molecule has 1 saturated heterocycles. The summed E-state index contributed by atoms with van der Waals surface area (Å²) >= 11 is 3.29. The van der Waals surface area contributed by atoms with Crippen molar-refractivity contribution in [1.82, 2.24) is 0 Å². The molecular weight excluding hydrogens is 298 g/mol. The molecule has 1 aliphatic rings. The molecule has 0 radical (unpaired) electrons. The molecule has 5 heteroatoms. The van der Waals surface area contributed by atoms with Gasteiger partial charge in [0.25, 0.3) is 0 Å². The number of anilines is 1. The van der Waals surface area contributed by atoms with Gasteiger partial charge in [-0.05, 0) is 18.2 Å². The predicted molar refractivity (Wildman–Crippen MR) is 71.8 cm³/mol. The summed E-state index contributed by atoms with van der Waals surface area (Å²) in [4.78, 5) is 24.6. The number of aromatic carboxylic acids is 1. The van der Waals surface area contributed by atoms with Crippen LogP contribution >= 0.6 is 15.9 Å². The van der Waals surface area contributed by atoms with Gasteiger partial charge in [-0.3, -0.25) is 4.79 Å². The van der Waals surface area contributed by atoms with E-state index < -0.39 is 5.97 Å². The van der Waals surface area contributed by atoms with Crippen molar-refractivity contribution in [2.24, 2.45) is 5.92 Å². The number of benzene rings is 1. The Hall–Kier alpha value is -1.62. The third-order valence-corrected chi connectivity index (χ3v) is 3.46. The Labute approximate surface area is 113 Å². The number of hydrogen-bond acceptors (Lipinski definition) is 2. The molecular formula is C13H12BrNO3. The fourth-order valence-corrected chi connectivity index (χ4v) is 2.38. The number of rotatable bonds is 3. The van der Waals surface area contributed by atoms with Crippen LogP contribution in [0.3, 0.4) is 0 Å². The van der Waals surface area contributed by atoms with Crippen LogP contribution in [0.4, 0.5) is 5.69 Å². The average Bonchev–Trinajstić information content (AvgIpc) is 2.70. The summed E-state index contributed by atoms with van der Waals surface area (Å²) in [6.07, 6.45) is 2.12. The molecule has 1 N–H and O–H groups in total. The van der Waals surface area contributed by atoms with Gasteiger partial charge in [0.2, 0.25) is 5.91 Å². The van der Waals surface area contributed by atoms with Gasteiger partial charge in [-0.15, -0.1) is 6.58 Å². The Kier molecular flexibility index (Phi) is 3.52. The second kappa shape index (κ2) is 4.94. The highest BCUT2D eigenvalue weighted by Gasteiger charge is 2.31. The van der Waals surface area contributed by atoms with Crippen LogP contribution in [0.2, 0.25) is 0 Å². The fourth-order valence-electron chi connectivity index (χ4n) is 2.03. The van der Waals surface area contributed by atoms with Gasteiger partial charge in [0.15, 0.2) is 0 Å². The minimum Gasteiger partial charge on any atom is -0.478 e. The summed E-state index contributed by atoms with van der Waals surface area (Å²) in [5, 5.41) is 9.15. The summed E-state index contributed by atoms with van der Waals surface area (Å²) in [6.45, 7) is 4.16. The first-order chi connectivity index (χ1) is 8.52. The van der Waals surface area contributed by atoms with E-state index in [9.17, 15) is 9.59 Å². The van der Waals surface area contributed by atoms with Crippen molar-refractivity contribution < 1.29 is 14.7 Å². The number of hydrogen-bond donors (Lipinski definition) is 1. The van der Waals surface area contributed by atoms with E-state index in [0.717, 1.165) is 4.47 Å². The molecule has 1 atom stereocenters. The summed E-state index contributed by atoms with van der Waals surface area (Å²) in [7, 11) is 0. The number of carboxylic acid groups (broad SMARTS) is 1. The molecule has 1 heterocycles. The molecule has 0 spiro atoms. The highest BCUT2D eigenvalue weighted by molar-refractivity contribution is 9.10. The number of carbonyl (C=O) groups is 2. The molecule has 1 aliphatic heterocycles. The van der Waals surface area contributed by atoms with Gasteiger partial charge in [-0.1, -0.05) is 22.0 Å². The van der Waals surface area contributed by atoms with Crippen molar-refractivity contribution in [2.45, 2.75) is 6.42 Å². The maximum atomic E-state index is 11.9. The van der Waals surface area contributed by atoms with Gasteiger partial charge in [0.1, 0.15) is 0 Å². The predicted octanol–water partition coefficient (Wildman–Crippen LogP) is 2.69. The lowest BCUT2D eigenvalue weighted by Crippen LogP contribution is -2.26. The number of carboxylic acids is 1. The molecule has 18 heavy (non-hydrogen) atoms. The topological polar surface area (TPSA) is 57.6 Å². The number of carbonyl (C=O) groups excluding carboxylic acids is 1. The van der Waals surface area contributed by atoms with Gasteiger partial charge < -0.3 is 10.0 Å². The summed E-state index contributed by atoms with van der Waals surface area (Å²) < 4.78 is 0.748. The van der Waals surface area contributed by atoms with Crippen LogP contribution in [0.1, 0.15) is 16.8 Å². The Morgan fingerprint density at radius 2 is 2.28 bits per heavy atom. The van der Waals surface area contributed by atoms with Crippen LogP contribution in [-0.2, 0) is 4.79 Å². The first-order valence-electron chi connectivity index (χ1n) is 5.48. The van der Waals surface area contributed by atoms with Crippen LogP contribution in [0.5, 0.6) is 0 Å². The quantitative estimate of drug-likeness (QED) is 0.873. The lowest BCUT2D eigenvalue weighted by Gasteiger charge is -2.18. The zero-order valence-corrected chi connectivity index (χ0v) is 11.2. The summed E-state index contributed by atoms with van der Waals surface area (Å²) in [6, 6.07) is 4.81. The molecule has 94 valence electrons. The molecule has 0 bridgehead atoms. The van der Waals surface area contributed by atoms with Crippen LogP contribution in [-0.4, -0.2) is 23.5 Å². The van der Waals surface area contributed by atoms with Crippen molar-refractivity contribution in [2.75, 3.05) is 11.4 Å². The lowest BCUT2D eigenvalue weighted by molar-refractivity contribution is -0.117. The Balaban J connectivity index is 2.44. The van der Waals surface area contributed by atoms with E-state index >= 15 is 0 Å². The second-order valence-electron chi connectivity index (χ2n) is 4.17. The third-order valence-electron chi connectivity index (χ3n) is 2.97. The summed E-state index contributed by atoms with van der Waals surface area (Å²) in [5.41, 5.74) is 0.572. The molecule has 1 unspecified atom stereocenters. The molecule has 2 rings (SSSR count). The molecule has 1 aromatic carbocycles. The lowest BCUT2D eigenvalue weighted by atomic mass is 10.1. The highest BCUT2D eigenvalue weighted by Crippen LogP contribution is 2.31. The van der Waals surface area contributed by atoms with E-state index in [1.807, 2.05) is 0 Å². The van der Waals surface area contributed by atoms with Gasteiger partial charge in [-0.25, -0.2) is 4.79 Å². The molecule has 1 fully saturated rings. The highest BCUT2D eigenvalue weighted by atomic mass is 79.9. The number of nitrogens with zero attached hydrogens (tertiary/aromatic N) is 1. The Morgan fingerprint density at radius 1 is 1.56 bits per heavy atom. The van der Waals surface area contributed by atoms with Gasteiger partial charge in [0.05, 0.1) is 11.3 Å². The molecule has 0 aliphatic carbocycles. The Morgan fingerprint density at radius 3 is 2.83 bits per heavy atom. The van der Waals surface area contributed by atoms with Crippen LogP contribution in [0, 0.1) is 5.92 Å². The third kappa shape index (κ3) is 2.31. The van der Waals surface area contributed by atoms with Gasteiger partial charge in [-0.2, -0.15) is 0 Å². The van der Waals surface area contributed by atoms with Crippen LogP contribution < -0.4 is 4.90 Å². The van der Waals surface area contributed by atoms with E-state index in [1.165, 1.54) is 11.0 Å². The van der Waals surface area contributed by atoms with Crippen LogP contribution in [0.15, 0.2) is 35.3 Å².